The van der Waals surface area contributed by atoms with Crippen LogP contribution < -0.4 is 16.0 Å². The Hall–Kier alpha value is -3.37. The van der Waals surface area contributed by atoms with Crippen molar-refractivity contribution in [1.82, 2.24) is 16.0 Å². The van der Waals surface area contributed by atoms with E-state index >= 15 is 0 Å². The zero-order valence-electron chi connectivity index (χ0n) is 20.3. The molecular weight excluding hydrogens is 428 g/mol. The lowest BCUT2D eigenvalue weighted by atomic mass is 10.0. The number of amides is 2. The smallest absolute Gasteiger partial charge is 0.407 e. The average Bonchev–Trinajstić information content (AvgIpc) is 2.81. The summed E-state index contributed by atoms with van der Waals surface area (Å²) >= 11 is 0. The molecule has 0 radical (unpaired) electrons. The van der Waals surface area contributed by atoms with Crippen molar-refractivity contribution >= 4 is 12.0 Å². The molecule has 0 spiro atoms. The minimum Gasteiger partial charge on any atom is -0.444 e. The molecule has 182 valence electrons. The number of benzene rings is 2. The first-order valence-electron chi connectivity index (χ1n) is 11.7. The van der Waals surface area contributed by atoms with Crippen LogP contribution in [0.2, 0.25) is 0 Å². The van der Waals surface area contributed by atoms with Gasteiger partial charge in [-0.05, 0) is 51.2 Å². The zero-order chi connectivity index (χ0) is 24.8. The van der Waals surface area contributed by atoms with Crippen molar-refractivity contribution in [3.63, 3.8) is 0 Å². The number of alkyl carbamates (subject to hydrolysis) is 1. The van der Waals surface area contributed by atoms with Crippen molar-refractivity contribution in [3.05, 3.63) is 71.8 Å². The predicted octanol–water partition coefficient (Wildman–Crippen LogP) is 4.09. The SMILES string of the molecule is CC(C)(C)OC(=O)NCCCC[C@H](N[C@H](C#N)Cc1ccccc1)C(=O)NCc1ccccc1. The molecule has 0 saturated carbocycles. The maximum Gasteiger partial charge on any atom is 0.407 e. The summed E-state index contributed by atoms with van der Waals surface area (Å²) in [7, 11) is 0. The molecule has 2 aromatic rings. The highest BCUT2D eigenvalue weighted by atomic mass is 16.6. The number of carbonyl (C=O) groups is 2. The Balaban J connectivity index is 1.90. The maximum absolute atomic E-state index is 13.0. The summed E-state index contributed by atoms with van der Waals surface area (Å²) < 4.78 is 5.24. The first kappa shape index (κ1) is 26.9. The van der Waals surface area contributed by atoms with Gasteiger partial charge in [0.25, 0.3) is 0 Å². The minimum absolute atomic E-state index is 0.141. The molecule has 7 heteroatoms. The van der Waals surface area contributed by atoms with Crippen LogP contribution in [-0.4, -0.2) is 36.2 Å². The Labute approximate surface area is 202 Å². The van der Waals surface area contributed by atoms with Gasteiger partial charge >= 0.3 is 6.09 Å². The molecule has 0 unspecified atom stereocenters. The molecule has 3 N–H and O–H groups in total. The van der Waals surface area contributed by atoms with E-state index in [2.05, 4.69) is 22.0 Å². The van der Waals surface area contributed by atoms with Crippen molar-refractivity contribution in [2.24, 2.45) is 0 Å². The Kier molecular flexibility index (Phi) is 11.1. The molecule has 2 atom stereocenters. The summed E-state index contributed by atoms with van der Waals surface area (Å²) in [5.41, 5.74) is 1.50. The van der Waals surface area contributed by atoms with Crippen molar-refractivity contribution in [2.45, 2.75) is 70.7 Å². The lowest BCUT2D eigenvalue weighted by Crippen LogP contribution is -2.48. The number of nitrogens with one attached hydrogen (secondary N) is 3. The van der Waals surface area contributed by atoms with Gasteiger partial charge in [-0.3, -0.25) is 10.1 Å². The highest BCUT2D eigenvalue weighted by Gasteiger charge is 2.22. The van der Waals surface area contributed by atoms with Gasteiger partial charge in [-0.15, -0.1) is 0 Å². The van der Waals surface area contributed by atoms with Crippen molar-refractivity contribution in [2.75, 3.05) is 6.54 Å². The number of hydrogen-bond acceptors (Lipinski definition) is 5. The van der Waals surface area contributed by atoms with Gasteiger partial charge in [0.05, 0.1) is 18.2 Å². The van der Waals surface area contributed by atoms with Crippen molar-refractivity contribution < 1.29 is 14.3 Å². The van der Waals surface area contributed by atoms with E-state index in [9.17, 15) is 14.9 Å². The molecule has 0 aliphatic carbocycles. The minimum atomic E-state index is -0.541. The van der Waals surface area contributed by atoms with Gasteiger partial charge < -0.3 is 15.4 Å². The molecule has 0 aliphatic heterocycles. The predicted molar refractivity (Wildman–Crippen MR) is 133 cm³/mol. The van der Waals surface area contributed by atoms with Crippen LogP contribution in [0.5, 0.6) is 0 Å². The topological polar surface area (TPSA) is 103 Å². The molecule has 0 aromatic heterocycles. The number of rotatable bonds is 12. The summed E-state index contributed by atoms with van der Waals surface area (Å²) in [4.78, 5) is 24.8. The molecule has 2 amide bonds. The van der Waals surface area contributed by atoms with Crippen molar-refractivity contribution in [1.29, 1.82) is 5.26 Å². The molecule has 0 bridgehead atoms. The van der Waals surface area contributed by atoms with Crippen LogP contribution in [0.4, 0.5) is 4.79 Å². The summed E-state index contributed by atoms with van der Waals surface area (Å²) in [5.74, 6) is -0.141. The number of ether oxygens (including phenoxy) is 1. The van der Waals surface area contributed by atoms with Crippen LogP contribution in [0.25, 0.3) is 0 Å². The Morgan fingerprint density at radius 3 is 2.15 bits per heavy atom. The van der Waals surface area contributed by atoms with E-state index in [0.29, 0.717) is 38.8 Å². The molecule has 2 rings (SSSR count). The van der Waals surface area contributed by atoms with Crippen molar-refractivity contribution in [3.8, 4) is 6.07 Å². The Morgan fingerprint density at radius 2 is 1.56 bits per heavy atom. The monoisotopic (exact) mass is 464 g/mol. The highest BCUT2D eigenvalue weighted by molar-refractivity contribution is 5.81. The third-order valence-corrected chi connectivity index (χ3v) is 5.05. The van der Waals surface area contributed by atoms with Crippen LogP contribution in [0.3, 0.4) is 0 Å². The second kappa shape index (κ2) is 14.0. The summed E-state index contributed by atoms with van der Waals surface area (Å²) in [6.45, 7) is 6.33. The second-order valence-electron chi connectivity index (χ2n) is 9.22. The molecule has 34 heavy (non-hydrogen) atoms. The zero-order valence-corrected chi connectivity index (χ0v) is 20.3. The van der Waals surface area contributed by atoms with E-state index in [1.54, 1.807) is 0 Å². The summed E-state index contributed by atoms with van der Waals surface area (Å²) in [6, 6.07) is 20.7. The van der Waals surface area contributed by atoms with Crippen LogP contribution in [0.15, 0.2) is 60.7 Å². The Bertz CT molecular complexity index is 920. The first-order valence-corrected chi connectivity index (χ1v) is 11.7. The van der Waals surface area contributed by atoms with Crippen LogP contribution in [0.1, 0.15) is 51.2 Å². The lowest BCUT2D eigenvalue weighted by Gasteiger charge is -2.22. The third-order valence-electron chi connectivity index (χ3n) is 5.05. The van der Waals surface area contributed by atoms with E-state index in [-0.39, 0.29) is 5.91 Å². The molecular formula is C27H36N4O3. The number of carbonyl (C=O) groups excluding carboxylic acids is 2. The van der Waals surface area contributed by atoms with E-state index in [1.807, 2.05) is 81.4 Å². The maximum atomic E-state index is 13.0. The van der Waals surface area contributed by atoms with Gasteiger partial charge in [-0.25, -0.2) is 4.79 Å². The highest BCUT2D eigenvalue weighted by Crippen LogP contribution is 2.09. The summed E-state index contributed by atoms with van der Waals surface area (Å²) in [6.07, 6.45) is 2.01. The van der Waals surface area contributed by atoms with E-state index in [4.69, 9.17) is 4.74 Å². The van der Waals surface area contributed by atoms with Crippen LogP contribution in [-0.2, 0) is 22.5 Å². The van der Waals surface area contributed by atoms with E-state index in [1.165, 1.54) is 0 Å². The van der Waals surface area contributed by atoms with Gasteiger partial charge in [-0.1, -0.05) is 60.7 Å². The molecule has 0 fully saturated rings. The van der Waals surface area contributed by atoms with Gasteiger partial charge in [-0.2, -0.15) is 5.26 Å². The van der Waals surface area contributed by atoms with E-state index in [0.717, 1.165) is 11.1 Å². The lowest BCUT2D eigenvalue weighted by molar-refractivity contribution is -0.123. The van der Waals surface area contributed by atoms with Gasteiger partial charge in [0.1, 0.15) is 5.60 Å². The fourth-order valence-corrected chi connectivity index (χ4v) is 3.41. The van der Waals surface area contributed by atoms with Crippen LogP contribution in [0, 0.1) is 11.3 Å². The number of nitriles is 1. The van der Waals surface area contributed by atoms with E-state index < -0.39 is 23.8 Å². The summed E-state index contributed by atoms with van der Waals surface area (Å²) in [5, 5.41) is 18.6. The average molecular weight is 465 g/mol. The quantitative estimate of drug-likeness (QED) is 0.411. The van der Waals surface area contributed by atoms with Gasteiger partial charge in [0.2, 0.25) is 5.91 Å². The normalized spacial score (nSPS) is 12.8. The standard InChI is InChI=1S/C27H36N4O3/c1-27(2,3)34-26(33)29-17-11-10-16-24(25(32)30-20-22-14-8-5-9-15-22)31-23(19-28)18-21-12-6-4-7-13-21/h4-9,12-15,23-24,31H,10-11,16-18,20H2,1-3H3,(H,29,33)(H,30,32)/t23-,24-/m0/s1. The van der Waals surface area contributed by atoms with Gasteiger partial charge in [0, 0.05) is 19.5 Å². The number of nitrogens with zero attached hydrogens (tertiary/aromatic N) is 1. The molecule has 2 aromatic carbocycles. The number of unbranched alkanes of at least 4 members (excludes halogenated alkanes) is 1. The molecule has 0 aliphatic rings. The van der Waals surface area contributed by atoms with Crippen LogP contribution >= 0.6 is 0 Å². The van der Waals surface area contributed by atoms with Gasteiger partial charge in [0.15, 0.2) is 0 Å². The first-order chi connectivity index (χ1) is 16.3. The Morgan fingerprint density at radius 1 is 0.941 bits per heavy atom. The molecule has 0 heterocycles. The number of hydrogen-bond donors (Lipinski definition) is 3. The fraction of sp³-hybridized carbons (Fsp3) is 0.444. The second-order valence-corrected chi connectivity index (χ2v) is 9.22. The third kappa shape index (κ3) is 11.0. The fourth-order valence-electron chi connectivity index (χ4n) is 3.41. The molecule has 7 nitrogen and oxygen atoms in total. The molecule has 0 saturated heterocycles. The largest absolute Gasteiger partial charge is 0.444 e.